The van der Waals surface area contributed by atoms with Crippen LogP contribution in [-0.4, -0.2) is 25.2 Å². The Hall–Kier alpha value is -0.570. The quantitative estimate of drug-likeness (QED) is 0.230. The molecule has 0 saturated carbocycles. The molecule has 0 radical (unpaired) electrons. The molecule has 0 N–H and O–H groups in total. The summed E-state index contributed by atoms with van der Waals surface area (Å²) in [6.07, 6.45) is 16.7. The van der Waals surface area contributed by atoms with E-state index in [9.17, 15) is 4.79 Å². The van der Waals surface area contributed by atoms with Gasteiger partial charge in [-0.1, -0.05) is 71.1 Å². The first-order chi connectivity index (χ1) is 11.9. The molecule has 0 aliphatic carbocycles. The van der Waals surface area contributed by atoms with Crippen molar-refractivity contribution in [2.75, 3.05) is 7.04 Å². The van der Waals surface area contributed by atoms with E-state index in [1.165, 1.54) is 51.4 Å². The van der Waals surface area contributed by atoms with Gasteiger partial charge in [-0.05, 0) is 19.3 Å². The monoisotopic (exact) mass is 315 g/mol. The molecule has 0 bridgehead atoms. The molecule has 0 aromatic rings. The van der Waals surface area contributed by atoms with Crippen LogP contribution in [0.3, 0.4) is 0 Å². The van der Waals surface area contributed by atoms with Crippen molar-refractivity contribution in [3.8, 4) is 0 Å². The predicted molar refractivity (Wildman–Crippen MR) is 91.0 cm³/mol. The van der Waals surface area contributed by atoms with Crippen molar-refractivity contribution in [2.45, 2.75) is 109 Å². The third-order valence-electron chi connectivity index (χ3n) is 4.51. The fourth-order valence-corrected chi connectivity index (χ4v) is 3.01. The molecule has 1 fully saturated rings. The van der Waals surface area contributed by atoms with Gasteiger partial charge in [-0.15, -0.1) is 0 Å². The fourth-order valence-electron chi connectivity index (χ4n) is 3.01. The maximum absolute atomic E-state index is 11.2. The van der Waals surface area contributed by atoms with E-state index in [2.05, 4.69) is 11.7 Å². The Morgan fingerprint density at radius 2 is 1.45 bits per heavy atom. The van der Waals surface area contributed by atoms with Gasteiger partial charge in [-0.2, -0.15) is 0 Å². The molecule has 1 rings (SSSR count). The molecule has 0 amide bonds. The molecule has 1 aliphatic rings. The first-order valence-electron chi connectivity index (χ1n) is 10.8. The number of hydrogen-bond acceptors (Lipinski definition) is 3. The second-order valence-corrected chi connectivity index (χ2v) is 6.55. The van der Waals surface area contributed by atoms with Gasteiger partial charge in [0.15, 0.2) is 0 Å². The molecule has 1 saturated heterocycles. The van der Waals surface area contributed by atoms with Gasteiger partial charge in [0.2, 0.25) is 0 Å². The van der Waals surface area contributed by atoms with E-state index < -0.39 is 13.0 Å². The molecular formula is C19H36O3. The highest BCUT2D eigenvalue weighted by Gasteiger charge is 2.36. The SMILES string of the molecule is [2H]C([2H])([2H])OC(=O)CCCCCCC[C@H]1O[C@H]1CCCCCCCC. The van der Waals surface area contributed by atoms with Crippen LogP contribution < -0.4 is 0 Å². The third kappa shape index (κ3) is 10.2. The number of ether oxygens (including phenoxy) is 2. The number of methoxy groups -OCH3 is 1. The topological polar surface area (TPSA) is 38.8 Å². The minimum absolute atomic E-state index is 0.199. The van der Waals surface area contributed by atoms with Crippen molar-refractivity contribution in [1.29, 1.82) is 0 Å². The van der Waals surface area contributed by atoms with Crippen molar-refractivity contribution in [1.82, 2.24) is 0 Å². The van der Waals surface area contributed by atoms with E-state index in [-0.39, 0.29) is 6.42 Å². The lowest BCUT2D eigenvalue weighted by Crippen LogP contribution is -1.99. The summed E-state index contributed by atoms with van der Waals surface area (Å²) in [7, 11) is -2.60. The zero-order valence-corrected chi connectivity index (χ0v) is 14.3. The summed E-state index contributed by atoms with van der Waals surface area (Å²) in [5.74, 6) is -0.621. The van der Waals surface area contributed by atoms with Crippen LogP contribution in [0.25, 0.3) is 0 Å². The van der Waals surface area contributed by atoms with Crippen molar-refractivity contribution in [3.63, 3.8) is 0 Å². The van der Waals surface area contributed by atoms with Crippen LogP contribution in [-0.2, 0) is 14.3 Å². The minimum Gasteiger partial charge on any atom is -0.469 e. The van der Waals surface area contributed by atoms with E-state index in [0.717, 1.165) is 25.7 Å². The second kappa shape index (κ2) is 12.9. The van der Waals surface area contributed by atoms with Crippen molar-refractivity contribution in [2.24, 2.45) is 0 Å². The average Bonchev–Trinajstić information content (AvgIpc) is 3.26. The van der Waals surface area contributed by atoms with Gasteiger partial charge < -0.3 is 9.47 Å². The number of rotatable bonds is 15. The molecule has 1 heterocycles. The highest BCUT2D eigenvalue weighted by Crippen LogP contribution is 2.31. The van der Waals surface area contributed by atoms with Crippen LogP contribution >= 0.6 is 0 Å². The van der Waals surface area contributed by atoms with Crippen molar-refractivity contribution >= 4 is 5.97 Å². The molecule has 130 valence electrons. The molecule has 3 heteroatoms. The highest BCUT2D eigenvalue weighted by molar-refractivity contribution is 5.68. The normalized spacial score (nSPS) is 22.7. The van der Waals surface area contributed by atoms with E-state index in [1.54, 1.807) is 0 Å². The van der Waals surface area contributed by atoms with Crippen LogP contribution in [0.4, 0.5) is 0 Å². The minimum atomic E-state index is -2.60. The lowest BCUT2D eigenvalue weighted by atomic mass is 10.0. The molecule has 0 aromatic heterocycles. The van der Waals surface area contributed by atoms with Gasteiger partial charge in [0.25, 0.3) is 0 Å². The van der Waals surface area contributed by atoms with Crippen LogP contribution in [0.1, 0.15) is 101 Å². The summed E-state index contributed by atoms with van der Waals surface area (Å²) in [4.78, 5) is 11.2. The van der Waals surface area contributed by atoms with Gasteiger partial charge in [-0.3, -0.25) is 4.79 Å². The summed E-state index contributed by atoms with van der Waals surface area (Å²) >= 11 is 0. The third-order valence-corrected chi connectivity index (χ3v) is 4.51. The largest absolute Gasteiger partial charge is 0.469 e. The van der Waals surface area contributed by atoms with Crippen LogP contribution in [0.5, 0.6) is 0 Å². The number of unbranched alkanes of at least 4 members (excludes halogenated alkanes) is 9. The molecule has 3 nitrogen and oxygen atoms in total. The number of carbonyl (C=O) groups excluding carboxylic acids is 1. The second-order valence-electron chi connectivity index (χ2n) is 6.55. The van der Waals surface area contributed by atoms with E-state index in [0.29, 0.717) is 18.6 Å². The predicted octanol–water partition coefficient (Wildman–Crippen LogP) is 5.41. The Morgan fingerprint density at radius 1 is 0.909 bits per heavy atom. The maximum Gasteiger partial charge on any atom is 0.305 e. The number of hydrogen-bond donors (Lipinski definition) is 0. The van der Waals surface area contributed by atoms with E-state index >= 15 is 0 Å². The number of esters is 1. The van der Waals surface area contributed by atoms with Gasteiger partial charge in [-0.25, -0.2) is 0 Å². The summed E-state index contributed by atoms with van der Waals surface area (Å²) in [6.45, 7) is 2.25. The number of epoxide rings is 1. The van der Waals surface area contributed by atoms with Gasteiger partial charge in [0.1, 0.15) is 0 Å². The molecular weight excluding hydrogens is 276 g/mol. The molecule has 0 aromatic carbocycles. The summed E-state index contributed by atoms with van der Waals surface area (Å²) < 4.78 is 30.6. The molecule has 0 spiro atoms. The van der Waals surface area contributed by atoms with Crippen LogP contribution in [0.15, 0.2) is 0 Å². The lowest BCUT2D eigenvalue weighted by molar-refractivity contribution is -0.140. The van der Waals surface area contributed by atoms with Crippen LogP contribution in [0.2, 0.25) is 0 Å². The summed E-state index contributed by atoms with van der Waals surface area (Å²) in [5, 5.41) is 0. The maximum atomic E-state index is 11.2. The van der Waals surface area contributed by atoms with Gasteiger partial charge in [0, 0.05) is 6.42 Å². The van der Waals surface area contributed by atoms with Gasteiger partial charge >= 0.3 is 5.97 Å². The Kier molecular flexibility index (Phi) is 8.80. The Balaban J connectivity index is 1.82. The molecule has 2 atom stereocenters. The zero-order chi connectivity index (χ0) is 18.5. The van der Waals surface area contributed by atoms with E-state index in [4.69, 9.17) is 8.85 Å². The first kappa shape index (κ1) is 15.0. The van der Waals surface area contributed by atoms with Crippen molar-refractivity contribution < 1.29 is 18.4 Å². The Morgan fingerprint density at radius 3 is 2.05 bits per heavy atom. The summed E-state index contributed by atoms with van der Waals surface area (Å²) in [6, 6.07) is 0. The standard InChI is InChI=1S/C19H36O3/c1-3-4-5-6-8-11-14-17-18(22-17)15-12-9-7-10-13-16-19(20)21-2/h17-18H,3-16H2,1-2H3/t17-,18+/m0/s1/i2D3. The number of carbonyl (C=O) groups is 1. The molecule has 22 heavy (non-hydrogen) atoms. The lowest BCUT2D eigenvalue weighted by Gasteiger charge is -2.01. The Bertz CT molecular complexity index is 358. The molecule has 1 aliphatic heterocycles. The highest BCUT2D eigenvalue weighted by atomic mass is 16.6. The van der Waals surface area contributed by atoms with Crippen LogP contribution in [0, 0.1) is 0 Å². The average molecular weight is 316 g/mol. The molecule has 0 unspecified atom stereocenters. The first-order valence-corrected chi connectivity index (χ1v) is 9.29. The smallest absolute Gasteiger partial charge is 0.305 e. The Labute approximate surface area is 141 Å². The van der Waals surface area contributed by atoms with E-state index in [1.807, 2.05) is 0 Å². The van der Waals surface area contributed by atoms with Crippen molar-refractivity contribution in [3.05, 3.63) is 0 Å². The fraction of sp³-hybridized carbons (Fsp3) is 0.947. The van der Waals surface area contributed by atoms with Gasteiger partial charge in [0.05, 0.1) is 23.4 Å². The summed E-state index contributed by atoms with van der Waals surface area (Å²) in [5.41, 5.74) is 0. The zero-order valence-electron chi connectivity index (χ0n) is 17.3.